The van der Waals surface area contributed by atoms with E-state index >= 15 is 0 Å². The Kier molecular flexibility index (Phi) is 4.76. The van der Waals surface area contributed by atoms with Gasteiger partial charge in [0.05, 0.1) is 0 Å². The normalized spacial score (nSPS) is 10.8. The lowest BCUT2D eigenvalue weighted by Crippen LogP contribution is -2.00. The molecule has 0 spiro atoms. The second-order valence-electron chi connectivity index (χ2n) is 4.35. The third-order valence-electron chi connectivity index (χ3n) is 2.89. The second kappa shape index (κ2) is 6.76. The first-order valence-corrected chi connectivity index (χ1v) is 6.46. The molecule has 0 bridgehead atoms. The molecule has 2 aromatic carbocycles. The molecule has 0 aliphatic heterocycles. The summed E-state index contributed by atoms with van der Waals surface area (Å²) in [6.45, 7) is 3.12. The van der Waals surface area contributed by atoms with Crippen molar-refractivity contribution in [3.8, 4) is 5.75 Å². The predicted molar refractivity (Wildman–Crippen MR) is 79.8 cm³/mol. The number of allylic oxidation sites excluding steroid dienone is 1. The van der Waals surface area contributed by atoms with Gasteiger partial charge in [-0.25, -0.2) is 0 Å². The minimum atomic E-state index is 0.558. The molecule has 2 N–H and O–H groups in total. The monoisotopic (exact) mass is 253 g/mol. The van der Waals surface area contributed by atoms with Gasteiger partial charge >= 0.3 is 0 Å². The number of rotatable bonds is 5. The number of ether oxygens (including phenoxy) is 1. The average molecular weight is 253 g/mol. The van der Waals surface area contributed by atoms with E-state index in [2.05, 4.69) is 12.1 Å². The minimum Gasteiger partial charge on any atom is -0.488 e. The Morgan fingerprint density at radius 1 is 1.05 bits per heavy atom. The van der Waals surface area contributed by atoms with Gasteiger partial charge in [-0.05, 0) is 24.1 Å². The van der Waals surface area contributed by atoms with Gasteiger partial charge in [-0.1, -0.05) is 54.6 Å². The molecule has 2 aromatic rings. The van der Waals surface area contributed by atoms with Crippen molar-refractivity contribution in [1.82, 2.24) is 0 Å². The fourth-order valence-corrected chi connectivity index (χ4v) is 1.94. The smallest absolute Gasteiger partial charge is 0.127 e. The highest BCUT2D eigenvalue weighted by Gasteiger charge is 2.01. The first kappa shape index (κ1) is 13.4. The van der Waals surface area contributed by atoms with Crippen molar-refractivity contribution in [1.29, 1.82) is 0 Å². The standard InChI is InChI=1S/C17H19NO/c1-2-6-16-9-3-4-10-17(16)19-13-15-8-5-7-14(11-15)12-18/h2-11H,12-13,18H2,1H3. The van der Waals surface area contributed by atoms with Crippen LogP contribution in [0.15, 0.2) is 54.6 Å². The molecule has 2 rings (SSSR count). The molecule has 0 aromatic heterocycles. The lowest BCUT2D eigenvalue weighted by Gasteiger charge is -2.10. The number of hydrogen-bond donors (Lipinski definition) is 1. The number of para-hydroxylation sites is 1. The van der Waals surface area contributed by atoms with Crippen molar-refractivity contribution >= 4 is 6.08 Å². The molecule has 0 radical (unpaired) electrons. The lowest BCUT2D eigenvalue weighted by molar-refractivity contribution is 0.305. The maximum Gasteiger partial charge on any atom is 0.127 e. The van der Waals surface area contributed by atoms with E-state index in [1.54, 1.807) is 0 Å². The molecule has 0 aliphatic rings. The molecule has 19 heavy (non-hydrogen) atoms. The molecule has 0 aliphatic carbocycles. The topological polar surface area (TPSA) is 35.2 Å². The Bertz CT molecular complexity index is 561. The first-order chi connectivity index (χ1) is 9.33. The summed E-state index contributed by atoms with van der Waals surface area (Å²) in [5.41, 5.74) is 9.00. The number of benzene rings is 2. The van der Waals surface area contributed by atoms with Crippen LogP contribution >= 0.6 is 0 Å². The van der Waals surface area contributed by atoms with E-state index in [0.29, 0.717) is 13.2 Å². The SMILES string of the molecule is CC=Cc1ccccc1OCc1cccc(CN)c1. The van der Waals surface area contributed by atoms with E-state index in [9.17, 15) is 0 Å². The largest absolute Gasteiger partial charge is 0.488 e. The third-order valence-corrected chi connectivity index (χ3v) is 2.89. The van der Waals surface area contributed by atoms with Crippen LogP contribution < -0.4 is 10.5 Å². The molecule has 2 heteroatoms. The Balaban J connectivity index is 2.09. The zero-order chi connectivity index (χ0) is 13.5. The number of hydrogen-bond acceptors (Lipinski definition) is 2. The van der Waals surface area contributed by atoms with E-state index < -0.39 is 0 Å². The van der Waals surface area contributed by atoms with E-state index in [1.807, 2.05) is 55.5 Å². The van der Waals surface area contributed by atoms with Gasteiger partial charge in [0, 0.05) is 12.1 Å². The van der Waals surface area contributed by atoms with E-state index in [0.717, 1.165) is 22.4 Å². The quantitative estimate of drug-likeness (QED) is 0.880. The van der Waals surface area contributed by atoms with Crippen LogP contribution in [-0.4, -0.2) is 0 Å². The third kappa shape index (κ3) is 3.70. The van der Waals surface area contributed by atoms with Crippen molar-refractivity contribution in [2.24, 2.45) is 5.73 Å². The fourth-order valence-electron chi connectivity index (χ4n) is 1.94. The fraction of sp³-hybridized carbons (Fsp3) is 0.176. The highest BCUT2D eigenvalue weighted by molar-refractivity contribution is 5.56. The van der Waals surface area contributed by atoms with Crippen LogP contribution in [0.2, 0.25) is 0 Å². The van der Waals surface area contributed by atoms with Crippen LogP contribution in [0.3, 0.4) is 0 Å². The van der Waals surface area contributed by atoms with Crippen LogP contribution in [0.1, 0.15) is 23.6 Å². The summed E-state index contributed by atoms with van der Waals surface area (Å²) in [6, 6.07) is 16.2. The maximum absolute atomic E-state index is 5.88. The zero-order valence-corrected chi connectivity index (χ0v) is 11.2. The highest BCUT2D eigenvalue weighted by Crippen LogP contribution is 2.20. The van der Waals surface area contributed by atoms with Gasteiger partial charge in [0.2, 0.25) is 0 Å². The Labute approximate surface area is 114 Å². The molecule has 0 heterocycles. The van der Waals surface area contributed by atoms with E-state index in [4.69, 9.17) is 10.5 Å². The molecular weight excluding hydrogens is 234 g/mol. The average Bonchev–Trinajstić information content (AvgIpc) is 2.47. The van der Waals surface area contributed by atoms with Crippen LogP contribution in [-0.2, 0) is 13.2 Å². The van der Waals surface area contributed by atoms with Crippen LogP contribution in [0.4, 0.5) is 0 Å². The van der Waals surface area contributed by atoms with Crippen molar-refractivity contribution in [3.05, 3.63) is 71.3 Å². The zero-order valence-electron chi connectivity index (χ0n) is 11.2. The van der Waals surface area contributed by atoms with Crippen LogP contribution in [0, 0.1) is 0 Å². The minimum absolute atomic E-state index is 0.558. The van der Waals surface area contributed by atoms with Gasteiger partial charge in [-0.15, -0.1) is 0 Å². The highest BCUT2D eigenvalue weighted by atomic mass is 16.5. The summed E-state index contributed by atoms with van der Waals surface area (Å²) in [6.07, 6.45) is 4.06. The van der Waals surface area contributed by atoms with Crippen molar-refractivity contribution in [2.45, 2.75) is 20.1 Å². The summed E-state index contributed by atoms with van der Waals surface area (Å²) in [4.78, 5) is 0. The van der Waals surface area contributed by atoms with Crippen LogP contribution in [0.25, 0.3) is 6.08 Å². The van der Waals surface area contributed by atoms with Gasteiger partial charge in [0.15, 0.2) is 0 Å². The summed E-state index contributed by atoms with van der Waals surface area (Å²) in [7, 11) is 0. The van der Waals surface area contributed by atoms with Crippen molar-refractivity contribution in [3.63, 3.8) is 0 Å². The predicted octanol–water partition coefficient (Wildman–Crippen LogP) is 3.76. The van der Waals surface area contributed by atoms with E-state index in [1.165, 1.54) is 0 Å². The molecule has 0 saturated carbocycles. The van der Waals surface area contributed by atoms with Gasteiger partial charge in [-0.2, -0.15) is 0 Å². The Morgan fingerprint density at radius 3 is 2.63 bits per heavy atom. The van der Waals surface area contributed by atoms with Crippen molar-refractivity contribution in [2.75, 3.05) is 0 Å². The summed E-state index contributed by atoms with van der Waals surface area (Å²) in [5, 5.41) is 0. The summed E-state index contributed by atoms with van der Waals surface area (Å²) < 4.78 is 5.88. The van der Waals surface area contributed by atoms with Gasteiger partial charge in [0.25, 0.3) is 0 Å². The number of nitrogens with two attached hydrogens (primary N) is 1. The molecule has 0 amide bonds. The van der Waals surface area contributed by atoms with Gasteiger partial charge < -0.3 is 10.5 Å². The van der Waals surface area contributed by atoms with Gasteiger partial charge in [-0.3, -0.25) is 0 Å². The van der Waals surface area contributed by atoms with Crippen molar-refractivity contribution < 1.29 is 4.74 Å². The molecule has 2 nitrogen and oxygen atoms in total. The first-order valence-electron chi connectivity index (χ1n) is 6.46. The summed E-state index contributed by atoms with van der Waals surface area (Å²) >= 11 is 0. The maximum atomic E-state index is 5.88. The summed E-state index contributed by atoms with van der Waals surface area (Å²) in [5.74, 6) is 0.902. The molecule has 0 fully saturated rings. The Hall–Kier alpha value is -2.06. The molecule has 98 valence electrons. The molecule has 0 unspecified atom stereocenters. The van der Waals surface area contributed by atoms with Crippen LogP contribution in [0.5, 0.6) is 5.75 Å². The Morgan fingerprint density at radius 2 is 1.84 bits per heavy atom. The molecular formula is C17H19NO. The second-order valence-corrected chi connectivity index (χ2v) is 4.35. The van der Waals surface area contributed by atoms with Gasteiger partial charge in [0.1, 0.15) is 12.4 Å². The molecule has 0 saturated heterocycles. The lowest BCUT2D eigenvalue weighted by atomic mass is 10.1. The molecule has 0 atom stereocenters. The van der Waals surface area contributed by atoms with E-state index in [-0.39, 0.29) is 0 Å².